The first-order chi connectivity index (χ1) is 14.1. The van der Waals surface area contributed by atoms with Gasteiger partial charge in [0.05, 0.1) is 0 Å². The predicted molar refractivity (Wildman–Crippen MR) is 136 cm³/mol. The Hall–Kier alpha value is -0.540. The van der Waals surface area contributed by atoms with Gasteiger partial charge in [-0.3, -0.25) is 0 Å². The Kier molecular flexibility index (Phi) is 12.3. The number of alkyl halides is 1. The van der Waals surface area contributed by atoms with Crippen molar-refractivity contribution in [3.05, 3.63) is 46.1 Å². The molecule has 3 heteroatoms. The van der Waals surface area contributed by atoms with Crippen molar-refractivity contribution in [2.24, 2.45) is 0 Å². The molecule has 0 saturated carbocycles. The molecule has 162 valence electrons. The number of H-pyrrole nitrogens is 1. The number of unbranched alkanes of at least 4 members (excludes halogenated alkanes) is 8. The third-order valence-electron chi connectivity index (χ3n) is 5.78. The topological polar surface area (TPSA) is 15.8 Å². The van der Waals surface area contributed by atoms with Crippen molar-refractivity contribution in [2.75, 3.05) is 0 Å². The molecule has 0 radical (unpaired) electrons. The highest BCUT2D eigenvalue weighted by atomic mass is 79.9. The first-order valence-corrected chi connectivity index (χ1v) is 13.4. The van der Waals surface area contributed by atoms with Gasteiger partial charge in [-0.25, -0.2) is 0 Å². The zero-order valence-corrected chi connectivity index (χ0v) is 21.6. The molecule has 0 bridgehead atoms. The largest absolute Gasteiger partial charge is 0.361 e. The Morgan fingerprint density at radius 1 is 0.862 bits per heavy atom. The van der Waals surface area contributed by atoms with Crippen LogP contribution in [0, 0.1) is 0 Å². The van der Waals surface area contributed by atoms with E-state index in [0.717, 1.165) is 0 Å². The van der Waals surface area contributed by atoms with Crippen LogP contribution in [-0.2, 0) is 12.8 Å². The number of nitrogens with one attached hydrogen (secondary N) is 1. The highest BCUT2D eigenvalue weighted by molar-refractivity contribution is 9.10. The molecule has 1 unspecified atom stereocenters. The smallest absolute Gasteiger partial charge is 0.0465 e. The van der Waals surface area contributed by atoms with Crippen molar-refractivity contribution in [1.82, 2.24) is 4.98 Å². The fourth-order valence-electron chi connectivity index (χ4n) is 4.02. The molecule has 0 fully saturated rings. The molecule has 0 spiro atoms. The molecule has 0 aliphatic rings. The number of aromatic amines is 1. The van der Waals surface area contributed by atoms with Crippen LogP contribution in [-0.4, -0.2) is 9.81 Å². The summed E-state index contributed by atoms with van der Waals surface area (Å²) >= 11 is 7.49. The second kappa shape index (κ2) is 14.5. The molecule has 1 atom stereocenters. The quantitative estimate of drug-likeness (QED) is 0.176. The summed E-state index contributed by atoms with van der Waals surface area (Å²) in [6.07, 6.45) is 19.2. The molecule has 1 N–H and O–H groups in total. The third-order valence-corrected chi connectivity index (χ3v) is 6.89. The Morgan fingerprint density at radius 2 is 1.48 bits per heavy atom. The van der Waals surface area contributed by atoms with E-state index in [0.29, 0.717) is 4.83 Å². The van der Waals surface area contributed by atoms with Gasteiger partial charge < -0.3 is 4.98 Å². The molecular formula is C26H39Br2N. The molecule has 29 heavy (non-hydrogen) atoms. The van der Waals surface area contributed by atoms with Crippen molar-refractivity contribution < 1.29 is 0 Å². The van der Waals surface area contributed by atoms with Crippen LogP contribution < -0.4 is 0 Å². The average Bonchev–Trinajstić information content (AvgIpc) is 3.22. The fraction of sp³-hybridized carbons (Fsp3) is 0.615. The minimum atomic E-state index is 0.655. The highest BCUT2D eigenvalue weighted by Crippen LogP contribution is 2.32. The molecular weight excluding hydrogens is 486 g/mol. The van der Waals surface area contributed by atoms with E-state index in [9.17, 15) is 0 Å². The van der Waals surface area contributed by atoms with E-state index in [4.69, 9.17) is 0 Å². The Labute approximate surface area is 195 Å². The maximum atomic E-state index is 3.84. The lowest BCUT2D eigenvalue weighted by Gasteiger charge is -2.14. The number of aryl methyl sites for hydroxylation is 2. The van der Waals surface area contributed by atoms with Crippen LogP contribution in [0.5, 0.6) is 0 Å². The minimum Gasteiger partial charge on any atom is -0.361 e. The summed E-state index contributed by atoms with van der Waals surface area (Å²) in [5.41, 5.74) is 5.61. The third kappa shape index (κ3) is 9.42. The SMILES string of the molecule is CCCCCCCCc1cc(-c2ccc[nH]2)c(Br)cc1CCCCCCC(C)Br. The van der Waals surface area contributed by atoms with Gasteiger partial charge in [-0.15, -0.1) is 0 Å². The summed E-state index contributed by atoms with van der Waals surface area (Å²) in [5.74, 6) is 0. The van der Waals surface area contributed by atoms with E-state index < -0.39 is 0 Å². The lowest BCUT2D eigenvalue weighted by atomic mass is 9.94. The second-order valence-electron chi connectivity index (χ2n) is 8.44. The molecule has 1 aromatic heterocycles. The van der Waals surface area contributed by atoms with Crippen molar-refractivity contribution in [2.45, 2.75) is 102 Å². The van der Waals surface area contributed by atoms with E-state index >= 15 is 0 Å². The maximum absolute atomic E-state index is 3.84. The van der Waals surface area contributed by atoms with Gasteiger partial charge in [0.15, 0.2) is 0 Å². The van der Waals surface area contributed by atoms with Crippen molar-refractivity contribution in [3.63, 3.8) is 0 Å². The molecule has 1 heterocycles. The Bertz CT molecular complexity index is 676. The summed E-state index contributed by atoms with van der Waals surface area (Å²) in [4.78, 5) is 4.03. The number of benzene rings is 1. The van der Waals surface area contributed by atoms with Crippen LogP contribution in [0.1, 0.15) is 95.6 Å². The zero-order chi connectivity index (χ0) is 20.9. The van der Waals surface area contributed by atoms with E-state index in [-0.39, 0.29) is 0 Å². The van der Waals surface area contributed by atoms with Crippen molar-refractivity contribution >= 4 is 31.9 Å². The van der Waals surface area contributed by atoms with Gasteiger partial charge in [0, 0.05) is 26.8 Å². The van der Waals surface area contributed by atoms with E-state index in [1.54, 1.807) is 11.1 Å². The van der Waals surface area contributed by atoms with Gasteiger partial charge in [-0.05, 0) is 67.5 Å². The molecule has 2 rings (SSSR count). The number of hydrogen-bond acceptors (Lipinski definition) is 0. The first kappa shape index (κ1) is 24.7. The molecule has 0 aliphatic carbocycles. The lowest BCUT2D eigenvalue weighted by molar-refractivity contribution is 0.601. The molecule has 1 nitrogen and oxygen atoms in total. The normalized spacial score (nSPS) is 12.4. The molecule has 0 aliphatic heterocycles. The summed E-state index contributed by atoms with van der Waals surface area (Å²) < 4.78 is 1.22. The van der Waals surface area contributed by atoms with Crippen LogP contribution in [0.2, 0.25) is 0 Å². The van der Waals surface area contributed by atoms with Gasteiger partial charge in [0.1, 0.15) is 0 Å². The molecule has 0 amide bonds. The second-order valence-corrected chi connectivity index (χ2v) is 10.9. The summed E-state index contributed by atoms with van der Waals surface area (Å²) in [7, 11) is 0. The van der Waals surface area contributed by atoms with Crippen LogP contribution in [0.4, 0.5) is 0 Å². The minimum absolute atomic E-state index is 0.655. The standard InChI is InChI=1S/C26H39Br2N/c1-3-4-5-6-7-11-15-22-19-24(26-17-13-18-29-26)25(28)20-23(22)16-12-9-8-10-14-21(2)27/h13,17-21,29H,3-12,14-16H2,1-2H3. The van der Waals surface area contributed by atoms with Gasteiger partial charge in [-0.2, -0.15) is 0 Å². The monoisotopic (exact) mass is 523 g/mol. The number of rotatable bonds is 15. The molecule has 0 saturated heterocycles. The predicted octanol–water partition coefficient (Wildman–Crippen LogP) is 9.62. The van der Waals surface area contributed by atoms with Crippen LogP contribution in [0.15, 0.2) is 34.9 Å². The van der Waals surface area contributed by atoms with E-state index in [1.165, 1.54) is 99.2 Å². The summed E-state index contributed by atoms with van der Waals surface area (Å²) in [6, 6.07) is 9.07. The number of halogens is 2. The number of hydrogen-bond donors (Lipinski definition) is 1. The highest BCUT2D eigenvalue weighted by Gasteiger charge is 2.11. The van der Waals surface area contributed by atoms with Gasteiger partial charge >= 0.3 is 0 Å². The summed E-state index contributed by atoms with van der Waals surface area (Å²) in [6.45, 7) is 4.54. The van der Waals surface area contributed by atoms with Crippen molar-refractivity contribution in [1.29, 1.82) is 0 Å². The van der Waals surface area contributed by atoms with Gasteiger partial charge in [0.25, 0.3) is 0 Å². The Morgan fingerprint density at radius 3 is 2.10 bits per heavy atom. The number of aromatic nitrogens is 1. The van der Waals surface area contributed by atoms with E-state index in [1.807, 2.05) is 6.20 Å². The maximum Gasteiger partial charge on any atom is 0.0465 e. The van der Waals surface area contributed by atoms with Crippen molar-refractivity contribution in [3.8, 4) is 11.3 Å². The van der Waals surface area contributed by atoms with Crippen LogP contribution >= 0.6 is 31.9 Å². The van der Waals surface area contributed by atoms with E-state index in [2.05, 4.69) is 75.0 Å². The Balaban J connectivity index is 1.96. The lowest BCUT2D eigenvalue weighted by Crippen LogP contribution is -1.98. The fourth-order valence-corrected chi connectivity index (χ4v) is 4.95. The van der Waals surface area contributed by atoms with Gasteiger partial charge in [-0.1, -0.05) is 97.1 Å². The molecule has 2 aromatic rings. The van der Waals surface area contributed by atoms with Crippen LogP contribution in [0.3, 0.4) is 0 Å². The average molecular weight is 525 g/mol. The van der Waals surface area contributed by atoms with Gasteiger partial charge in [0.2, 0.25) is 0 Å². The summed E-state index contributed by atoms with van der Waals surface area (Å²) in [5, 5.41) is 0. The zero-order valence-electron chi connectivity index (χ0n) is 18.4. The first-order valence-electron chi connectivity index (χ1n) is 11.7. The van der Waals surface area contributed by atoms with Crippen LogP contribution in [0.25, 0.3) is 11.3 Å². The molecule has 1 aromatic carbocycles.